The summed E-state index contributed by atoms with van der Waals surface area (Å²) >= 11 is 1.04. The summed E-state index contributed by atoms with van der Waals surface area (Å²) in [7, 11) is 3.73. The van der Waals surface area contributed by atoms with Gasteiger partial charge in [-0.1, -0.05) is 0 Å². The summed E-state index contributed by atoms with van der Waals surface area (Å²) in [6.07, 6.45) is -3.18. The molecular formula is C24H20F4N6OS. The molecule has 2 aromatic carbocycles. The number of nitrogens with zero attached hydrogens (tertiary/aromatic N) is 4. The van der Waals surface area contributed by atoms with Gasteiger partial charge in [0.1, 0.15) is 23.8 Å². The van der Waals surface area contributed by atoms with Crippen LogP contribution < -0.4 is 15.5 Å². The van der Waals surface area contributed by atoms with E-state index in [1.165, 1.54) is 6.33 Å². The van der Waals surface area contributed by atoms with Crippen molar-refractivity contribution in [3.63, 3.8) is 0 Å². The molecule has 0 saturated carbocycles. The number of amides is 1. The van der Waals surface area contributed by atoms with Crippen molar-refractivity contribution in [2.75, 3.05) is 29.6 Å². The van der Waals surface area contributed by atoms with Crippen LogP contribution in [0.2, 0.25) is 0 Å². The van der Waals surface area contributed by atoms with Crippen LogP contribution in [0.5, 0.6) is 0 Å². The predicted molar refractivity (Wildman–Crippen MR) is 131 cm³/mol. The minimum atomic E-state index is -4.62. The van der Waals surface area contributed by atoms with Gasteiger partial charge in [-0.15, -0.1) is 11.3 Å². The molecule has 0 saturated heterocycles. The van der Waals surface area contributed by atoms with Crippen molar-refractivity contribution in [3.05, 3.63) is 76.7 Å². The summed E-state index contributed by atoms with van der Waals surface area (Å²) in [5, 5.41) is 5.89. The van der Waals surface area contributed by atoms with Crippen molar-refractivity contribution >= 4 is 39.7 Å². The zero-order valence-corrected chi connectivity index (χ0v) is 20.1. The minimum absolute atomic E-state index is 0.0420. The van der Waals surface area contributed by atoms with Crippen molar-refractivity contribution < 1.29 is 22.4 Å². The van der Waals surface area contributed by atoms with E-state index < -0.39 is 23.5 Å². The van der Waals surface area contributed by atoms with Gasteiger partial charge in [-0.3, -0.25) is 10.1 Å². The highest BCUT2D eigenvalue weighted by molar-refractivity contribution is 7.16. The second-order valence-corrected chi connectivity index (χ2v) is 9.13. The van der Waals surface area contributed by atoms with Crippen LogP contribution in [0.3, 0.4) is 0 Å². The third kappa shape index (κ3) is 5.60. The number of hydrogen-bond donors (Lipinski definition) is 2. The van der Waals surface area contributed by atoms with E-state index in [0.29, 0.717) is 34.1 Å². The van der Waals surface area contributed by atoms with Crippen molar-refractivity contribution in [1.29, 1.82) is 0 Å². The molecule has 1 amide bonds. The first kappa shape index (κ1) is 25.0. The Morgan fingerprint density at radius 1 is 1.03 bits per heavy atom. The summed E-state index contributed by atoms with van der Waals surface area (Å²) in [6.45, 7) is 1.59. The molecule has 0 aliphatic carbocycles. The van der Waals surface area contributed by atoms with Crippen LogP contribution in [0.4, 0.5) is 40.0 Å². The number of halogens is 4. The first-order chi connectivity index (χ1) is 17.0. The fourth-order valence-corrected chi connectivity index (χ4v) is 4.09. The number of anilines is 4. The highest BCUT2D eigenvalue weighted by Gasteiger charge is 2.31. The first-order valence-electron chi connectivity index (χ1n) is 10.5. The first-order valence-corrected chi connectivity index (χ1v) is 11.4. The van der Waals surface area contributed by atoms with Crippen LogP contribution in [0.25, 0.3) is 11.3 Å². The third-order valence-electron chi connectivity index (χ3n) is 5.10. The Balaban J connectivity index is 1.48. The normalized spacial score (nSPS) is 11.3. The maximum absolute atomic E-state index is 14.3. The standard InChI is InChI=1S/C24H20F4N6OS/c1-13-21(17-10-15(24(26,27)28)6-9-18(17)25)32-23(36-13)33-22(35)14-4-7-16(8-5-14)31-19-11-20(34(2)3)30-12-29-19/h4-12H,1-3H3,(H,29,30,31)(H,32,33,35). The highest BCUT2D eigenvalue weighted by Crippen LogP contribution is 2.36. The number of carbonyl (C=O) groups is 1. The average Bonchev–Trinajstić information content (AvgIpc) is 3.18. The molecule has 0 atom stereocenters. The van der Waals surface area contributed by atoms with Gasteiger partial charge in [0.05, 0.1) is 11.3 Å². The summed E-state index contributed by atoms with van der Waals surface area (Å²) < 4.78 is 53.5. The van der Waals surface area contributed by atoms with Gasteiger partial charge in [-0.25, -0.2) is 19.3 Å². The Morgan fingerprint density at radius 3 is 2.42 bits per heavy atom. The summed E-state index contributed by atoms with van der Waals surface area (Å²) in [6, 6.07) is 10.5. The molecule has 36 heavy (non-hydrogen) atoms. The molecule has 0 fully saturated rings. The molecule has 0 spiro atoms. The smallest absolute Gasteiger partial charge is 0.363 e. The van der Waals surface area contributed by atoms with Crippen molar-refractivity contribution in [2.24, 2.45) is 0 Å². The summed E-state index contributed by atoms with van der Waals surface area (Å²) in [5.74, 6) is 0.00666. The molecule has 186 valence electrons. The predicted octanol–water partition coefficient (Wildman–Crippen LogP) is 6.13. The molecular weight excluding hydrogens is 496 g/mol. The molecule has 0 radical (unpaired) electrons. The number of nitrogens with one attached hydrogen (secondary N) is 2. The molecule has 4 rings (SSSR count). The fourth-order valence-electron chi connectivity index (χ4n) is 3.26. The van der Waals surface area contributed by atoms with E-state index in [4.69, 9.17) is 0 Å². The van der Waals surface area contributed by atoms with E-state index in [-0.39, 0.29) is 16.4 Å². The summed E-state index contributed by atoms with van der Waals surface area (Å²) in [5.41, 5.74) is -0.193. The van der Waals surface area contributed by atoms with E-state index in [9.17, 15) is 22.4 Å². The van der Waals surface area contributed by atoms with Gasteiger partial charge >= 0.3 is 6.18 Å². The lowest BCUT2D eigenvalue weighted by Crippen LogP contribution is -2.12. The number of thiazole rings is 1. The molecule has 0 unspecified atom stereocenters. The van der Waals surface area contributed by atoms with Gasteiger partial charge in [-0.2, -0.15) is 13.2 Å². The lowest BCUT2D eigenvalue weighted by molar-refractivity contribution is -0.137. The van der Waals surface area contributed by atoms with Crippen LogP contribution >= 0.6 is 11.3 Å². The fraction of sp³-hybridized carbons (Fsp3) is 0.167. The number of benzene rings is 2. The average molecular weight is 517 g/mol. The molecule has 0 bridgehead atoms. The van der Waals surface area contributed by atoms with Crippen molar-refractivity contribution in [3.8, 4) is 11.3 Å². The molecule has 0 aliphatic rings. The Morgan fingerprint density at radius 2 is 1.75 bits per heavy atom. The maximum atomic E-state index is 14.3. The van der Waals surface area contributed by atoms with Crippen LogP contribution in [0.1, 0.15) is 20.8 Å². The zero-order valence-electron chi connectivity index (χ0n) is 19.3. The number of aryl methyl sites for hydroxylation is 1. The van der Waals surface area contributed by atoms with E-state index in [0.717, 1.165) is 23.2 Å². The molecule has 2 heterocycles. The number of alkyl halides is 3. The van der Waals surface area contributed by atoms with Gasteiger partial charge in [0.15, 0.2) is 5.13 Å². The molecule has 0 aliphatic heterocycles. The van der Waals surface area contributed by atoms with E-state index >= 15 is 0 Å². The van der Waals surface area contributed by atoms with Gasteiger partial charge in [0.2, 0.25) is 0 Å². The maximum Gasteiger partial charge on any atom is 0.416 e. The summed E-state index contributed by atoms with van der Waals surface area (Å²) in [4.78, 5) is 27.5. The SMILES string of the molecule is Cc1sc(NC(=O)c2ccc(Nc3cc(N(C)C)ncn3)cc2)nc1-c1cc(C(F)(F)F)ccc1F. The van der Waals surface area contributed by atoms with Crippen LogP contribution in [0.15, 0.2) is 54.9 Å². The quantitative estimate of drug-likeness (QED) is 0.300. The van der Waals surface area contributed by atoms with E-state index in [1.807, 2.05) is 19.0 Å². The van der Waals surface area contributed by atoms with Crippen LogP contribution in [0, 0.1) is 12.7 Å². The highest BCUT2D eigenvalue weighted by atomic mass is 32.1. The molecule has 12 heteroatoms. The van der Waals surface area contributed by atoms with E-state index in [1.54, 1.807) is 37.3 Å². The second kappa shape index (κ2) is 9.90. The number of hydrogen-bond acceptors (Lipinski definition) is 7. The van der Waals surface area contributed by atoms with Gasteiger partial charge in [0, 0.05) is 41.9 Å². The Labute approximate surface area is 207 Å². The van der Waals surface area contributed by atoms with Crippen LogP contribution in [-0.2, 0) is 6.18 Å². The zero-order chi connectivity index (χ0) is 26.0. The molecule has 7 nitrogen and oxygen atoms in total. The number of rotatable bonds is 6. The number of aromatic nitrogens is 3. The van der Waals surface area contributed by atoms with Crippen molar-refractivity contribution in [1.82, 2.24) is 15.0 Å². The molecule has 2 aromatic heterocycles. The van der Waals surface area contributed by atoms with Gasteiger partial charge in [-0.05, 0) is 49.4 Å². The Kier molecular flexibility index (Phi) is 6.88. The monoisotopic (exact) mass is 516 g/mol. The van der Waals surface area contributed by atoms with Gasteiger partial charge in [0.25, 0.3) is 5.91 Å². The topological polar surface area (TPSA) is 83.0 Å². The molecule has 2 N–H and O–H groups in total. The molecule has 4 aromatic rings. The van der Waals surface area contributed by atoms with Crippen molar-refractivity contribution in [2.45, 2.75) is 13.1 Å². The Hall–Kier alpha value is -4.06. The third-order valence-corrected chi connectivity index (χ3v) is 5.98. The lowest BCUT2D eigenvalue weighted by Gasteiger charge is -2.12. The van der Waals surface area contributed by atoms with Gasteiger partial charge < -0.3 is 10.2 Å². The Bertz CT molecular complexity index is 1400. The largest absolute Gasteiger partial charge is 0.416 e. The second-order valence-electron chi connectivity index (χ2n) is 7.93. The number of carbonyl (C=O) groups excluding carboxylic acids is 1. The van der Waals surface area contributed by atoms with Crippen LogP contribution in [-0.4, -0.2) is 35.0 Å². The lowest BCUT2D eigenvalue weighted by atomic mass is 10.1. The minimum Gasteiger partial charge on any atom is -0.363 e. The van der Waals surface area contributed by atoms with E-state index in [2.05, 4.69) is 25.6 Å².